The summed E-state index contributed by atoms with van der Waals surface area (Å²) in [6.07, 6.45) is 0. The zero-order valence-corrected chi connectivity index (χ0v) is 22.1. The van der Waals surface area contributed by atoms with Crippen molar-refractivity contribution >= 4 is 55.7 Å². The molecule has 1 aliphatic heterocycles. The van der Waals surface area contributed by atoms with Crippen molar-refractivity contribution in [2.24, 2.45) is 10.9 Å². The lowest BCUT2D eigenvalue weighted by Crippen LogP contribution is -2.36. The minimum atomic E-state index is -0.739. The number of benzene rings is 2. The van der Waals surface area contributed by atoms with E-state index >= 15 is 0 Å². The van der Waals surface area contributed by atoms with E-state index in [-0.39, 0.29) is 0 Å². The highest BCUT2D eigenvalue weighted by Gasteiger charge is 2.42. The van der Waals surface area contributed by atoms with Gasteiger partial charge >= 0.3 is 11.9 Å². The maximum absolute atomic E-state index is 12.8. The lowest BCUT2D eigenvalue weighted by Gasteiger charge is -2.31. The van der Waals surface area contributed by atoms with E-state index in [1.807, 2.05) is 53.9 Å². The number of nitrogens with zero attached hydrogens (tertiary/aromatic N) is 2. The van der Waals surface area contributed by atoms with E-state index in [0.29, 0.717) is 17.0 Å². The van der Waals surface area contributed by atoms with Gasteiger partial charge in [0.05, 0.1) is 25.5 Å². The molecule has 7 nitrogen and oxygen atoms in total. The third-order valence-corrected chi connectivity index (χ3v) is 7.12. The van der Waals surface area contributed by atoms with Gasteiger partial charge in [-0.05, 0) is 43.7 Å². The Balaban J connectivity index is 1.68. The second kappa shape index (κ2) is 10.5. The number of allylic oxidation sites excluding steroid dienone is 1. The van der Waals surface area contributed by atoms with Crippen molar-refractivity contribution in [1.82, 2.24) is 4.98 Å². The number of aromatic nitrogens is 1. The van der Waals surface area contributed by atoms with E-state index in [0.717, 1.165) is 32.1 Å². The molecule has 0 saturated carbocycles. The predicted octanol–water partition coefficient (Wildman–Crippen LogP) is 6.11. The fourth-order valence-electron chi connectivity index (χ4n) is 4.22. The Morgan fingerprint density at radius 2 is 1.80 bits per heavy atom. The smallest absolute Gasteiger partial charge is 0.336 e. The summed E-state index contributed by atoms with van der Waals surface area (Å²) in [7, 11) is 2.65. The van der Waals surface area contributed by atoms with Crippen LogP contribution in [0, 0.1) is 5.92 Å². The first-order valence-electron chi connectivity index (χ1n) is 10.8. The lowest BCUT2D eigenvalue weighted by atomic mass is 9.75. The first-order chi connectivity index (χ1) is 16.8. The number of nitrogens with one attached hydrogen (secondary N) is 1. The molecule has 1 N–H and O–H groups in total. The number of thiazole rings is 1. The van der Waals surface area contributed by atoms with Crippen LogP contribution >= 0.6 is 27.3 Å². The molecule has 0 fully saturated rings. The van der Waals surface area contributed by atoms with E-state index in [4.69, 9.17) is 14.5 Å². The van der Waals surface area contributed by atoms with Crippen LogP contribution in [0.15, 0.2) is 74.6 Å². The molecule has 0 spiro atoms. The van der Waals surface area contributed by atoms with E-state index < -0.39 is 23.8 Å². The van der Waals surface area contributed by atoms with Crippen LogP contribution in [0.1, 0.15) is 25.3 Å². The zero-order valence-electron chi connectivity index (χ0n) is 19.7. The third-order valence-electron chi connectivity index (χ3n) is 5.83. The Morgan fingerprint density at radius 3 is 2.49 bits per heavy atom. The van der Waals surface area contributed by atoms with Gasteiger partial charge < -0.3 is 14.8 Å². The van der Waals surface area contributed by atoms with Crippen molar-refractivity contribution in [2.75, 3.05) is 19.5 Å². The van der Waals surface area contributed by atoms with Crippen molar-refractivity contribution in [1.29, 1.82) is 0 Å². The number of carbonyl (C=O) groups is 2. The Bertz CT molecular complexity index is 1330. The van der Waals surface area contributed by atoms with Gasteiger partial charge in [-0.15, -0.1) is 11.3 Å². The number of hydrogen-bond acceptors (Lipinski definition) is 8. The largest absolute Gasteiger partial charge is 0.468 e. The number of carbonyl (C=O) groups excluding carboxylic acids is 2. The Hall–Kier alpha value is -3.30. The summed E-state index contributed by atoms with van der Waals surface area (Å²) in [5, 5.41) is 6.06. The van der Waals surface area contributed by atoms with Crippen LogP contribution in [0.5, 0.6) is 0 Å². The number of aliphatic imine (C=N–C) groups is 1. The average molecular weight is 554 g/mol. The fourth-order valence-corrected chi connectivity index (χ4v) is 5.23. The van der Waals surface area contributed by atoms with Crippen LogP contribution in [-0.2, 0) is 19.1 Å². The molecule has 9 heteroatoms. The highest BCUT2D eigenvalue weighted by atomic mass is 79.9. The molecule has 0 amide bonds. The summed E-state index contributed by atoms with van der Waals surface area (Å²) >= 11 is 4.94. The summed E-state index contributed by atoms with van der Waals surface area (Å²) in [4.78, 5) is 34.6. The maximum Gasteiger partial charge on any atom is 0.336 e. The number of halogens is 1. The van der Waals surface area contributed by atoms with Gasteiger partial charge in [0.25, 0.3) is 0 Å². The van der Waals surface area contributed by atoms with Gasteiger partial charge in [0, 0.05) is 38.4 Å². The van der Waals surface area contributed by atoms with Crippen molar-refractivity contribution < 1.29 is 19.1 Å². The molecule has 35 heavy (non-hydrogen) atoms. The first-order valence-corrected chi connectivity index (χ1v) is 12.5. The quantitative estimate of drug-likeness (QED) is 0.370. The maximum atomic E-state index is 12.8. The summed E-state index contributed by atoms with van der Waals surface area (Å²) in [6, 6.07) is 15.6. The second-order valence-electron chi connectivity index (χ2n) is 8.02. The van der Waals surface area contributed by atoms with Crippen molar-refractivity contribution in [3.8, 4) is 11.3 Å². The molecule has 1 aliphatic rings. The Morgan fingerprint density at radius 1 is 1.06 bits per heavy atom. The Kier molecular flexibility index (Phi) is 7.47. The normalized spacial score (nSPS) is 17.6. The van der Waals surface area contributed by atoms with Gasteiger partial charge in [-0.25, -0.2) is 9.78 Å². The van der Waals surface area contributed by atoms with E-state index in [2.05, 4.69) is 26.2 Å². The molecule has 0 aliphatic carbocycles. The summed E-state index contributed by atoms with van der Waals surface area (Å²) in [6.45, 7) is 3.52. The molecule has 2 aromatic carbocycles. The molecule has 180 valence electrons. The van der Waals surface area contributed by atoms with Crippen molar-refractivity contribution in [3.05, 3.63) is 75.2 Å². The van der Waals surface area contributed by atoms with Crippen LogP contribution in [0.2, 0.25) is 0 Å². The van der Waals surface area contributed by atoms with Crippen LogP contribution in [0.3, 0.4) is 0 Å². The topological polar surface area (TPSA) is 89.9 Å². The van der Waals surface area contributed by atoms with Gasteiger partial charge in [0.15, 0.2) is 5.13 Å². The van der Waals surface area contributed by atoms with E-state index in [1.54, 1.807) is 13.8 Å². The molecule has 4 rings (SSSR count). The molecule has 0 radical (unpaired) electrons. The highest BCUT2D eigenvalue weighted by Crippen LogP contribution is 2.41. The third kappa shape index (κ3) is 5.21. The van der Waals surface area contributed by atoms with Gasteiger partial charge in [-0.1, -0.05) is 40.2 Å². The molecule has 0 bridgehead atoms. The van der Waals surface area contributed by atoms with Gasteiger partial charge in [0.2, 0.25) is 0 Å². The van der Waals surface area contributed by atoms with Gasteiger partial charge in [0.1, 0.15) is 5.92 Å². The van der Waals surface area contributed by atoms with Crippen LogP contribution in [-0.4, -0.2) is 36.9 Å². The fraction of sp³-hybridized carbons (Fsp3) is 0.231. The number of ether oxygens (including phenoxy) is 2. The van der Waals surface area contributed by atoms with Crippen LogP contribution in [0.25, 0.3) is 11.3 Å². The average Bonchev–Trinajstić information content (AvgIpc) is 3.31. The SMILES string of the molecule is COC(=O)C1=C(C)N=C(C)C(C(=O)OC)C1c1cccc(Nc2nc(-c3ccc(Br)cc3)cs2)c1. The molecule has 2 atom stereocenters. The minimum Gasteiger partial charge on any atom is -0.468 e. The number of methoxy groups -OCH3 is 2. The van der Waals surface area contributed by atoms with E-state index in [9.17, 15) is 9.59 Å². The number of rotatable bonds is 6. The van der Waals surface area contributed by atoms with Crippen molar-refractivity contribution in [3.63, 3.8) is 0 Å². The van der Waals surface area contributed by atoms with Crippen LogP contribution in [0.4, 0.5) is 10.8 Å². The molecule has 2 heterocycles. The number of esters is 2. The monoisotopic (exact) mass is 553 g/mol. The van der Waals surface area contributed by atoms with Crippen LogP contribution < -0.4 is 5.32 Å². The standard InChI is InChI=1S/C26H24BrN3O4S/c1-14-21(24(31)33-3)23(22(15(2)28-14)25(32)34-4)17-6-5-7-19(12-17)29-26-30-20(13-35-26)16-8-10-18(27)11-9-16/h5-13,21,23H,1-4H3,(H,29,30). The minimum absolute atomic E-state index is 0.345. The number of anilines is 2. The number of hydrogen-bond donors (Lipinski definition) is 1. The summed E-state index contributed by atoms with van der Waals surface area (Å²) in [5.41, 5.74) is 4.90. The molecular weight excluding hydrogens is 530 g/mol. The molecule has 1 aromatic heterocycles. The van der Waals surface area contributed by atoms with Gasteiger partial charge in [-0.3, -0.25) is 9.79 Å². The molecule has 0 saturated heterocycles. The predicted molar refractivity (Wildman–Crippen MR) is 141 cm³/mol. The van der Waals surface area contributed by atoms with Gasteiger partial charge in [-0.2, -0.15) is 0 Å². The van der Waals surface area contributed by atoms with E-state index in [1.165, 1.54) is 25.6 Å². The highest BCUT2D eigenvalue weighted by molar-refractivity contribution is 9.10. The summed E-state index contributed by atoms with van der Waals surface area (Å²) < 4.78 is 11.1. The zero-order chi connectivity index (χ0) is 25.1. The summed E-state index contributed by atoms with van der Waals surface area (Å²) in [5.74, 6) is -2.31. The first kappa shape index (κ1) is 24.8. The molecule has 3 aromatic rings. The lowest BCUT2D eigenvalue weighted by molar-refractivity contribution is -0.143. The molecule has 2 unspecified atom stereocenters. The Labute approximate surface area is 216 Å². The molecular formula is C26H24BrN3O4S. The second-order valence-corrected chi connectivity index (χ2v) is 9.79. The van der Waals surface area contributed by atoms with Crippen molar-refractivity contribution in [2.45, 2.75) is 19.8 Å².